The van der Waals surface area contributed by atoms with Crippen LogP contribution < -0.4 is 15.2 Å². The zero-order chi connectivity index (χ0) is 18.5. The summed E-state index contributed by atoms with van der Waals surface area (Å²) in [5.41, 5.74) is 1.69. The van der Waals surface area contributed by atoms with Crippen LogP contribution in [0.1, 0.15) is 5.56 Å². The lowest BCUT2D eigenvalue weighted by atomic mass is 10.1. The number of carboxylic acids is 1. The van der Waals surface area contributed by atoms with Crippen LogP contribution in [0.4, 0.5) is 0 Å². The number of hydrogen-bond donors (Lipinski definition) is 2. The van der Waals surface area contributed by atoms with Crippen LogP contribution in [0.3, 0.4) is 0 Å². The van der Waals surface area contributed by atoms with Crippen molar-refractivity contribution in [3.05, 3.63) is 65.3 Å². The molecule has 0 radical (unpaired) electrons. The van der Waals surface area contributed by atoms with Crippen LogP contribution >= 0.6 is 11.6 Å². The summed E-state index contributed by atoms with van der Waals surface area (Å²) < 4.78 is 5.32. The Bertz CT molecular complexity index is 921. The van der Waals surface area contributed by atoms with Crippen molar-refractivity contribution < 1.29 is 19.4 Å². The van der Waals surface area contributed by atoms with E-state index in [1.807, 2.05) is 24.3 Å². The van der Waals surface area contributed by atoms with Gasteiger partial charge in [-0.25, -0.2) is 0 Å². The molecule has 6 nitrogen and oxygen atoms in total. The first-order valence-corrected chi connectivity index (χ1v) is 8.34. The maximum absolute atomic E-state index is 12.0. The molecule has 0 aliphatic heterocycles. The minimum atomic E-state index is -1.35. The van der Waals surface area contributed by atoms with E-state index in [2.05, 4.69) is 10.3 Å². The van der Waals surface area contributed by atoms with Crippen LogP contribution in [0.5, 0.6) is 5.75 Å². The number of rotatable bonds is 7. The fourth-order valence-corrected chi connectivity index (χ4v) is 2.76. The average molecular weight is 372 g/mol. The monoisotopic (exact) mass is 371 g/mol. The highest BCUT2D eigenvalue weighted by molar-refractivity contribution is 6.30. The second-order valence-corrected chi connectivity index (χ2v) is 6.18. The molecule has 26 heavy (non-hydrogen) atoms. The number of para-hydroxylation sites is 1. The lowest BCUT2D eigenvalue weighted by molar-refractivity contribution is -0.308. The molecule has 0 bridgehead atoms. The standard InChI is InChI=1S/C19H17ClN2O4/c20-13-5-7-14(8-6-13)26-11-18(23)22-17(19(24)25)9-12-10-21-16-4-2-1-3-15(12)16/h1-8,10,17,21H,9,11H2,(H,22,23)(H,24,25)/p-1/t17-/m0/s1. The third-order valence-electron chi connectivity index (χ3n) is 3.90. The molecular weight excluding hydrogens is 356 g/mol. The van der Waals surface area contributed by atoms with Gasteiger partial charge in [0.05, 0.1) is 12.0 Å². The number of carboxylic acid groups (broad SMARTS) is 1. The van der Waals surface area contributed by atoms with Crippen molar-refractivity contribution in [1.82, 2.24) is 10.3 Å². The Labute approximate surface area is 154 Å². The number of aromatic nitrogens is 1. The highest BCUT2D eigenvalue weighted by atomic mass is 35.5. The number of ether oxygens (including phenoxy) is 1. The minimum Gasteiger partial charge on any atom is -0.548 e. The van der Waals surface area contributed by atoms with E-state index >= 15 is 0 Å². The normalized spacial score (nSPS) is 11.9. The van der Waals surface area contributed by atoms with Crippen molar-refractivity contribution in [3.8, 4) is 5.75 Å². The van der Waals surface area contributed by atoms with E-state index in [0.29, 0.717) is 10.8 Å². The molecule has 2 N–H and O–H groups in total. The third kappa shape index (κ3) is 4.34. The smallest absolute Gasteiger partial charge is 0.258 e. The van der Waals surface area contributed by atoms with Gasteiger partial charge in [-0.05, 0) is 35.9 Å². The summed E-state index contributed by atoms with van der Waals surface area (Å²) in [6.07, 6.45) is 1.84. The molecule has 1 amide bonds. The fraction of sp³-hybridized carbons (Fsp3) is 0.158. The van der Waals surface area contributed by atoms with Crippen LogP contribution in [0.25, 0.3) is 10.9 Å². The van der Waals surface area contributed by atoms with Crippen LogP contribution in [0, 0.1) is 0 Å². The molecule has 134 valence electrons. The van der Waals surface area contributed by atoms with Crippen molar-refractivity contribution in [1.29, 1.82) is 0 Å². The van der Waals surface area contributed by atoms with E-state index in [4.69, 9.17) is 16.3 Å². The van der Waals surface area contributed by atoms with Crippen molar-refractivity contribution in [2.45, 2.75) is 12.5 Å². The number of nitrogens with one attached hydrogen (secondary N) is 2. The minimum absolute atomic E-state index is 0.110. The maximum Gasteiger partial charge on any atom is 0.258 e. The number of carbonyl (C=O) groups excluding carboxylic acids is 2. The van der Waals surface area contributed by atoms with E-state index in [1.54, 1.807) is 30.5 Å². The predicted octanol–water partition coefficient (Wildman–Crippen LogP) is 1.68. The number of aliphatic carboxylic acids is 1. The van der Waals surface area contributed by atoms with Gasteiger partial charge in [0, 0.05) is 28.5 Å². The molecule has 0 aliphatic carbocycles. The van der Waals surface area contributed by atoms with Crippen molar-refractivity contribution in [2.24, 2.45) is 0 Å². The Morgan fingerprint density at radius 3 is 2.62 bits per heavy atom. The molecule has 2 aromatic carbocycles. The molecule has 1 heterocycles. The summed E-state index contributed by atoms with van der Waals surface area (Å²) in [5, 5.41) is 15.3. The largest absolute Gasteiger partial charge is 0.548 e. The maximum atomic E-state index is 12.0. The van der Waals surface area contributed by atoms with E-state index in [-0.39, 0.29) is 13.0 Å². The molecule has 0 saturated heterocycles. The van der Waals surface area contributed by atoms with Gasteiger partial charge in [-0.2, -0.15) is 0 Å². The number of carbonyl (C=O) groups is 2. The lowest BCUT2D eigenvalue weighted by Gasteiger charge is -2.19. The molecule has 1 atom stereocenters. The summed E-state index contributed by atoms with van der Waals surface area (Å²) in [4.78, 5) is 26.5. The van der Waals surface area contributed by atoms with Gasteiger partial charge in [-0.1, -0.05) is 29.8 Å². The molecule has 0 spiro atoms. The first kappa shape index (κ1) is 17.8. The van der Waals surface area contributed by atoms with Crippen LogP contribution in [0.2, 0.25) is 5.02 Å². The van der Waals surface area contributed by atoms with Crippen LogP contribution in [-0.2, 0) is 16.0 Å². The second kappa shape index (κ2) is 7.93. The van der Waals surface area contributed by atoms with Gasteiger partial charge >= 0.3 is 0 Å². The number of amides is 1. The average Bonchev–Trinajstić information content (AvgIpc) is 3.04. The van der Waals surface area contributed by atoms with E-state index < -0.39 is 17.9 Å². The number of H-pyrrole nitrogens is 1. The molecule has 0 unspecified atom stereocenters. The van der Waals surface area contributed by atoms with Crippen LogP contribution in [-0.4, -0.2) is 29.5 Å². The van der Waals surface area contributed by atoms with Gasteiger partial charge < -0.3 is 24.9 Å². The van der Waals surface area contributed by atoms with Crippen molar-refractivity contribution in [3.63, 3.8) is 0 Å². The summed E-state index contributed by atoms with van der Waals surface area (Å²) in [5.74, 6) is -1.43. The second-order valence-electron chi connectivity index (χ2n) is 5.75. The topological polar surface area (TPSA) is 94.2 Å². The zero-order valence-electron chi connectivity index (χ0n) is 13.7. The van der Waals surface area contributed by atoms with Gasteiger partial charge in [0.2, 0.25) is 0 Å². The molecule has 0 fully saturated rings. The molecule has 1 aromatic heterocycles. The van der Waals surface area contributed by atoms with E-state index in [1.165, 1.54) is 0 Å². The Hall–Kier alpha value is -2.99. The molecule has 7 heteroatoms. The molecule has 0 saturated carbocycles. The molecule has 3 aromatic rings. The van der Waals surface area contributed by atoms with Gasteiger partial charge in [0.15, 0.2) is 6.61 Å². The zero-order valence-corrected chi connectivity index (χ0v) is 14.5. The Morgan fingerprint density at radius 2 is 1.88 bits per heavy atom. The van der Waals surface area contributed by atoms with Gasteiger partial charge in [0.25, 0.3) is 5.91 Å². The highest BCUT2D eigenvalue weighted by Gasteiger charge is 2.16. The summed E-state index contributed by atoms with van der Waals surface area (Å²) in [6, 6.07) is 12.9. The Morgan fingerprint density at radius 1 is 1.15 bits per heavy atom. The van der Waals surface area contributed by atoms with Gasteiger partial charge in [0.1, 0.15) is 5.75 Å². The molecule has 0 aliphatic rings. The molecular formula is C19H16ClN2O4-. The van der Waals surface area contributed by atoms with Crippen molar-refractivity contribution >= 4 is 34.4 Å². The highest BCUT2D eigenvalue weighted by Crippen LogP contribution is 2.19. The van der Waals surface area contributed by atoms with Gasteiger partial charge in [-0.15, -0.1) is 0 Å². The van der Waals surface area contributed by atoms with E-state index in [9.17, 15) is 14.7 Å². The predicted molar refractivity (Wildman–Crippen MR) is 95.9 cm³/mol. The Balaban J connectivity index is 1.62. The summed E-state index contributed by atoms with van der Waals surface area (Å²) in [7, 11) is 0. The number of halogens is 1. The number of fused-ring (bicyclic) bond motifs is 1. The SMILES string of the molecule is O=C(COc1ccc(Cl)cc1)N[C@@H](Cc1c[nH]c2ccccc12)C(=O)[O-]. The number of aromatic amines is 1. The van der Waals surface area contributed by atoms with Crippen molar-refractivity contribution in [2.75, 3.05) is 6.61 Å². The third-order valence-corrected chi connectivity index (χ3v) is 4.15. The van der Waals surface area contributed by atoms with E-state index in [0.717, 1.165) is 16.5 Å². The Kier molecular flexibility index (Phi) is 5.43. The summed E-state index contributed by atoms with van der Waals surface area (Å²) in [6.45, 7) is -0.306. The first-order chi connectivity index (χ1) is 12.5. The summed E-state index contributed by atoms with van der Waals surface area (Å²) >= 11 is 5.78. The first-order valence-electron chi connectivity index (χ1n) is 7.96. The van der Waals surface area contributed by atoms with Gasteiger partial charge in [-0.3, -0.25) is 4.79 Å². The van der Waals surface area contributed by atoms with Crippen LogP contribution in [0.15, 0.2) is 54.7 Å². The molecule has 3 rings (SSSR count). The quantitative estimate of drug-likeness (QED) is 0.660. The fourth-order valence-electron chi connectivity index (χ4n) is 2.63. The lowest BCUT2D eigenvalue weighted by Crippen LogP contribution is -2.50. The number of hydrogen-bond acceptors (Lipinski definition) is 4. The number of benzene rings is 2.